The third-order valence-corrected chi connectivity index (χ3v) is 7.83. The van der Waals surface area contributed by atoms with Crippen LogP contribution in [0.2, 0.25) is 5.02 Å². The average Bonchev–Trinajstić information content (AvgIpc) is 3.37. The maximum atomic E-state index is 13.1. The Kier molecular flexibility index (Phi) is 6.25. The Hall–Kier alpha value is -2.11. The van der Waals surface area contributed by atoms with Crippen molar-refractivity contribution in [3.05, 3.63) is 46.6 Å². The summed E-state index contributed by atoms with van der Waals surface area (Å²) in [4.78, 5) is 21.8. The normalized spacial score (nSPS) is 19.6. The van der Waals surface area contributed by atoms with Gasteiger partial charge in [0, 0.05) is 54.6 Å². The van der Waals surface area contributed by atoms with Gasteiger partial charge in [0.25, 0.3) is 15.9 Å². The number of oxazole rings is 1. The predicted molar refractivity (Wildman–Crippen MR) is 122 cm³/mol. The molecule has 1 amide bonds. The smallest absolute Gasteiger partial charge is 0.309 e. The molecule has 0 saturated carbocycles. The first kappa shape index (κ1) is 23.1. The highest BCUT2D eigenvalue weighted by molar-refractivity contribution is 7.89. The summed E-state index contributed by atoms with van der Waals surface area (Å²) >= 11 is 6.00. The van der Waals surface area contributed by atoms with E-state index < -0.39 is 10.0 Å². The van der Waals surface area contributed by atoms with Gasteiger partial charge in [-0.15, -0.1) is 12.4 Å². The van der Waals surface area contributed by atoms with E-state index in [2.05, 4.69) is 22.2 Å². The van der Waals surface area contributed by atoms with Crippen molar-refractivity contribution in [1.82, 2.24) is 24.5 Å². The number of carbonyl (C=O) groups excluding carboxylic acids is 1. The summed E-state index contributed by atoms with van der Waals surface area (Å²) in [6.45, 7) is 3.54. The number of amides is 1. The first-order valence-corrected chi connectivity index (χ1v) is 11.9. The fourth-order valence-corrected chi connectivity index (χ4v) is 5.64. The van der Waals surface area contributed by atoms with Crippen molar-refractivity contribution in [1.29, 1.82) is 0 Å². The Balaban J connectivity index is 0.00000245. The SMILES string of the molecule is CC1Cc2nc(C(=O)N3CCN(S(=O)(=O)c4cc5cc(Cl)ccc5[nH]4)CC3)oc2CN1.Cl. The number of piperazine rings is 1. The van der Waals surface area contributed by atoms with Gasteiger partial charge in [-0.25, -0.2) is 13.4 Å². The number of nitrogens with one attached hydrogen (secondary N) is 2. The minimum Gasteiger partial charge on any atom is -0.436 e. The third-order valence-electron chi connectivity index (χ3n) is 5.77. The fraction of sp³-hybridized carbons (Fsp3) is 0.400. The van der Waals surface area contributed by atoms with Gasteiger partial charge in [-0.1, -0.05) is 11.6 Å². The van der Waals surface area contributed by atoms with E-state index in [-0.39, 0.29) is 61.5 Å². The lowest BCUT2D eigenvalue weighted by Gasteiger charge is -2.33. The minimum absolute atomic E-state index is 0. The molecule has 1 saturated heterocycles. The minimum atomic E-state index is -3.71. The van der Waals surface area contributed by atoms with Crippen LogP contribution in [0, 0.1) is 0 Å². The first-order valence-electron chi connectivity index (χ1n) is 10.1. The number of aromatic amines is 1. The Morgan fingerprint density at radius 3 is 2.72 bits per heavy atom. The van der Waals surface area contributed by atoms with Crippen molar-refractivity contribution in [2.24, 2.45) is 0 Å². The molecule has 0 radical (unpaired) electrons. The van der Waals surface area contributed by atoms with Gasteiger partial charge in [0.1, 0.15) is 10.8 Å². The van der Waals surface area contributed by atoms with Crippen molar-refractivity contribution >= 4 is 50.8 Å². The summed E-state index contributed by atoms with van der Waals surface area (Å²) in [6, 6.07) is 7.04. The number of hydrogen-bond acceptors (Lipinski definition) is 6. The molecule has 2 aliphatic rings. The standard InChI is InChI=1S/C20H22ClN5O4S.ClH/c1-12-8-16-17(11-22-12)30-19(24-16)20(27)25-4-6-26(7-5-25)31(28,29)18-10-13-9-14(21)2-3-15(13)23-18;/h2-3,9-10,12,22-23H,4-8,11H2,1H3;1H. The molecule has 9 nitrogen and oxygen atoms in total. The second-order valence-corrected chi connectivity index (χ2v) is 10.3. The maximum absolute atomic E-state index is 13.1. The van der Waals surface area contributed by atoms with Crippen molar-refractivity contribution in [3.8, 4) is 0 Å². The highest BCUT2D eigenvalue weighted by Crippen LogP contribution is 2.25. The molecule has 0 bridgehead atoms. The van der Waals surface area contributed by atoms with Crippen LogP contribution in [0.5, 0.6) is 0 Å². The van der Waals surface area contributed by atoms with Gasteiger partial charge < -0.3 is 19.6 Å². The van der Waals surface area contributed by atoms with Gasteiger partial charge in [-0.2, -0.15) is 4.31 Å². The molecule has 1 unspecified atom stereocenters. The summed E-state index contributed by atoms with van der Waals surface area (Å²) in [5, 5.41) is 4.67. The second kappa shape index (κ2) is 8.68. The molecule has 0 aliphatic carbocycles. The van der Waals surface area contributed by atoms with E-state index in [0.717, 1.165) is 11.1 Å². The number of aromatic nitrogens is 2. The van der Waals surface area contributed by atoms with Gasteiger partial charge >= 0.3 is 5.91 Å². The summed E-state index contributed by atoms with van der Waals surface area (Å²) in [5.41, 5.74) is 1.52. The number of benzene rings is 1. The molecule has 172 valence electrons. The number of fused-ring (bicyclic) bond motifs is 2. The highest BCUT2D eigenvalue weighted by Gasteiger charge is 2.33. The molecule has 32 heavy (non-hydrogen) atoms. The van der Waals surface area contributed by atoms with Crippen LogP contribution in [0.15, 0.2) is 33.7 Å². The van der Waals surface area contributed by atoms with Crippen molar-refractivity contribution in [3.63, 3.8) is 0 Å². The highest BCUT2D eigenvalue weighted by atomic mass is 35.5. The number of sulfonamides is 1. The van der Waals surface area contributed by atoms with Crippen LogP contribution >= 0.6 is 24.0 Å². The zero-order valence-corrected chi connectivity index (χ0v) is 19.7. The summed E-state index contributed by atoms with van der Waals surface area (Å²) in [5.74, 6) is 0.464. The third kappa shape index (κ3) is 4.13. The van der Waals surface area contributed by atoms with E-state index in [9.17, 15) is 13.2 Å². The number of halogens is 2. The van der Waals surface area contributed by atoms with Crippen molar-refractivity contribution < 1.29 is 17.6 Å². The lowest BCUT2D eigenvalue weighted by atomic mass is 10.1. The predicted octanol–water partition coefficient (Wildman–Crippen LogP) is 2.41. The number of carbonyl (C=O) groups is 1. The van der Waals surface area contributed by atoms with Crippen LogP contribution in [0.3, 0.4) is 0 Å². The quantitative estimate of drug-likeness (QED) is 0.572. The number of H-pyrrole nitrogens is 1. The van der Waals surface area contributed by atoms with E-state index in [1.165, 1.54) is 4.31 Å². The Morgan fingerprint density at radius 1 is 1.22 bits per heavy atom. The molecule has 2 N–H and O–H groups in total. The van der Waals surface area contributed by atoms with Crippen LogP contribution in [-0.4, -0.2) is 65.7 Å². The molecular weight excluding hydrogens is 477 g/mol. The van der Waals surface area contributed by atoms with E-state index in [1.807, 2.05) is 0 Å². The molecule has 1 fully saturated rings. The average molecular weight is 500 g/mol. The molecule has 0 spiro atoms. The zero-order valence-electron chi connectivity index (χ0n) is 17.3. The van der Waals surface area contributed by atoms with Crippen molar-refractivity contribution in [2.45, 2.75) is 31.0 Å². The number of rotatable bonds is 3. The fourth-order valence-electron chi connectivity index (χ4n) is 4.02. The Morgan fingerprint density at radius 2 is 1.97 bits per heavy atom. The molecule has 2 aromatic heterocycles. The molecule has 1 atom stereocenters. The van der Waals surface area contributed by atoms with Gasteiger partial charge in [0.2, 0.25) is 0 Å². The molecule has 4 heterocycles. The molecule has 5 rings (SSSR count). The molecule has 2 aliphatic heterocycles. The topological polar surface area (TPSA) is 112 Å². The van der Waals surface area contributed by atoms with Crippen LogP contribution in [0.25, 0.3) is 10.9 Å². The lowest BCUT2D eigenvalue weighted by Crippen LogP contribution is -2.50. The van der Waals surface area contributed by atoms with Crippen LogP contribution in [0.1, 0.15) is 29.1 Å². The molecule has 12 heteroatoms. The van der Waals surface area contributed by atoms with Crippen LogP contribution in [-0.2, 0) is 23.0 Å². The summed E-state index contributed by atoms with van der Waals surface area (Å²) in [6.07, 6.45) is 0.716. The Labute approximate surface area is 196 Å². The first-order chi connectivity index (χ1) is 14.8. The Bertz CT molecular complexity index is 1260. The molecule has 1 aromatic carbocycles. The van der Waals surface area contributed by atoms with Gasteiger partial charge in [0.15, 0.2) is 0 Å². The number of hydrogen-bond donors (Lipinski definition) is 2. The van der Waals surface area contributed by atoms with E-state index in [0.29, 0.717) is 29.3 Å². The lowest BCUT2D eigenvalue weighted by molar-refractivity contribution is 0.0655. The van der Waals surface area contributed by atoms with E-state index >= 15 is 0 Å². The van der Waals surface area contributed by atoms with Gasteiger partial charge in [-0.3, -0.25) is 4.79 Å². The monoisotopic (exact) mass is 499 g/mol. The van der Waals surface area contributed by atoms with Gasteiger partial charge in [0.05, 0.1) is 12.2 Å². The van der Waals surface area contributed by atoms with E-state index in [4.69, 9.17) is 16.0 Å². The van der Waals surface area contributed by atoms with Crippen LogP contribution < -0.4 is 5.32 Å². The largest absolute Gasteiger partial charge is 0.436 e. The maximum Gasteiger partial charge on any atom is 0.309 e. The van der Waals surface area contributed by atoms with Crippen LogP contribution in [0.4, 0.5) is 0 Å². The zero-order chi connectivity index (χ0) is 21.8. The van der Waals surface area contributed by atoms with Crippen molar-refractivity contribution in [2.75, 3.05) is 26.2 Å². The molecule has 3 aromatic rings. The summed E-state index contributed by atoms with van der Waals surface area (Å²) in [7, 11) is -3.71. The van der Waals surface area contributed by atoms with E-state index in [1.54, 1.807) is 29.2 Å². The summed E-state index contributed by atoms with van der Waals surface area (Å²) < 4.78 is 33.2. The molecular formula is C20H23Cl2N5O4S. The van der Waals surface area contributed by atoms with Gasteiger partial charge in [-0.05, 0) is 31.2 Å². The second-order valence-electron chi connectivity index (χ2n) is 7.94. The number of nitrogens with zero attached hydrogens (tertiary/aromatic N) is 3.